The molecule has 5 nitrogen and oxygen atoms in total. The van der Waals surface area contributed by atoms with Gasteiger partial charge < -0.3 is 10.6 Å². The first-order chi connectivity index (χ1) is 10.6. The van der Waals surface area contributed by atoms with Crippen molar-refractivity contribution >= 4 is 17.3 Å². The fraction of sp³-hybridized carbons (Fsp3) is 0.750. The number of aryl methyl sites for hydroxylation is 1. The van der Waals surface area contributed by atoms with Crippen molar-refractivity contribution in [1.82, 2.24) is 20.5 Å². The van der Waals surface area contributed by atoms with Gasteiger partial charge in [0.2, 0.25) is 0 Å². The van der Waals surface area contributed by atoms with E-state index >= 15 is 0 Å². The lowest BCUT2D eigenvalue weighted by Crippen LogP contribution is -2.44. The maximum Gasteiger partial charge on any atom is 0.191 e. The van der Waals surface area contributed by atoms with Gasteiger partial charge in [-0.3, -0.25) is 9.89 Å². The van der Waals surface area contributed by atoms with Crippen LogP contribution in [0.1, 0.15) is 37.4 Å². The Kier molecular flexibility index (Phi) is 6.64. The average Bonchev–Trinajstić information content (AvgIpc) is 3.23. The van der Waals surface area contributed by atoms with Crippen LogP contribution in [0.4, 0.5) is 0 Å². The predicted octanol–water partition coefficient (Wildman–Crippen LogP) is 2.03. The molecule has 0 radical (unpaired) electrons. The molecule has 1 aromatic rings. The van der Waals surface area contributed by atoms with E-state index in [1.807, 2.05) is 14.0 Å². The Morgan fingerprint density at radius 2 is 2.14 bits per heavy atom. The van der Waals surface area contributed by atoms with Gasteiger partial charge in [-0.15, -0.1) is 11.3 Å². The van der Waals surface area contributed by atoms with Crippen LogP contribution in [0.5, 0.6) is 0 Å². The molecule has 1 aliphatic carbocycles. The van der Waals surface area contributed by atoms with Crippen molar-refractivity contribution < 1.29 is 0 Å². The van der Waals surface area contributed by atoms with Crippen LogP contribution < -0.4 is 10.6 Å². The van der Waals surface area contributed by atoms with E-state index in [1.54, 1.807) is 11.3 Å². The van der Waals surface area contributed by atoms with Crippen LogP contribution in [-0.4, -0.2) is 54.6 Å². The second-order valence-electron chi connectivity index (χ2n) is 6.10. The van der Waals surface area contributed by atoms with E-state index in [0.717, 1.165) is 48.8 Å². The van der Waals surface area contributed by atoms with Gasteiger partial charge in [-0.25, -0.2) is 4.98 Å². The monoisotopic (exact) mass is 323 g/mol. The zero-order valence-electron chi connectivity index (χ0n) is 14.2. The second-order valence-corrected chi connectivity index (χ2v) is 7.16. The first-order valence-corrected chi connectivity index (χ1v) is 9.09. The van der Waals surface area contributed by atoms with Gasteiger partial charge in [0.1, 0.15) is 0 Å². The van der Waals surface area contributed by atoms with Crippen molar-refractivity contribution in [2.75, 3.05) is 26.7 Å². The molecule has 0 aromatic carbocycles. The highest BCUT2D eigenvalue weighted by molar-refractivity contribution is 7.09. The minimum atomic E-state index is 0.622. The number of nitrogens with one attached hydrogen (secondary N) is 2. The van der Waals surface area contributed by atoms with Gasteiger partial charge in [0.15, 0.2) is 5.96 Å². The van der Waals surface area contributed by atoms with E-state index in [-0.39, 0.29) is 0 Å². The van der Waals surface area contributed by atoms with E-state index in [1.165, 1.54) is 12.8 Å². The lowest BCUT2D eigenvalue weighted by molar-refractivity contribution is 0.215. The van der Waals surface area contributed by atoms with Gasteiger partial charge >= 0.3 is 0 Å². The molecule has 2 N–H and O–H groups in total. The summed E-state index contributed by atoms with van der Waals surface area (Å²) in [5, 5.41) is 10.0. The van der Waals surface area contributed by atoms with E-state index in [4.69, 9.17) is 0 Å². The van der Waals surface area contributed by atoms with Gasteiger partial charge in [-0.05, 0) is 33.6 Å². The number of rotatable bonds is 8. The summed E-state index contributed by atoms with van der Waals surface area (Å²) in [5.74, 6) is 0.881. The van der Waals surface area contributed by atoms with Crippen molar-refractivity contribution in [3.63, 3.8) is 0 Å². The predicted molar refractivity (Wildman–Crippen MR) is 94.8 cm³/mol. The zero-order chi connectivity index (χ0) is 15.9. The summed E-state index contributed by atoms with van der Waals surface area (Å²) < 4.78 is 0. The number of aliphatic imine (C=N–C) groups is 1. The van der Waals surface area contributed by atoms with Crippen LogP contribution in [0.15, 0.2) is 10.4 Å². The van der Waals surface area contributed by atoms with E-state index in [2.05, 4.69) is 44.7 Å². The molecule has 1 fully saturated rings. The molecule has 1 heterocycles. The molecule has 1 aliphatic rings. The largest absolute Gasteiger partial charge is 0.356 e. The summed E-state index contributed by atoms with van der Waals surface area (Å²) in [6, 6.07) is 1.43. The quantitative estimate of drug-likeness (QED) is 0.568. The third-order valence-electron chi connectivity index (χ3n) is 3.91. The van der Waals surface area contributed by atoms with Gasteiger partial charge in [0.25, 0.3) is 0 Å². The lowest BCUT2D eigenvalue weighted by Gasteiger charge is -2.26. The summed E-state index contributed by atoms with van der Waals surface area (Å²) in [6.07, 6.45) is 3.65. The van der Waals surface area contributed by atoms with Gasteiger partial charge in [-0.1, -0.05) is 0 Å². The molecule has 0 spiro atoms. The topological polar surface area (TPSA) is 52.6 Å². The molecule has 6 heteroatoms. The highest BCUT2D eigenvalue weighted by Gasteiger charge is 2.29. The molecular formula is C16H29N5S. The smallest absolute Gasteiger partial charge is 0.191 e. The Morgan fingerprint density at radius 1 is 1.41 bits per heavy atom. The van der Waals surface area contributed by atoms with E-state index in [9.17, 15) is 0 Å². The molecule has 0 unspecified atom stereocenters. The molecule has 0 atom stereocenters. The van der Waals surface area contributed by atoms with Crippen LogP contribution in [0.2, 0.25) is 0 Å². The Bertz CT molecular complexity index is 477. The van der Waals surface area contributed by atoms with Gasteiger partial charge in [0, 0.05) is 50.6 Å². The van der Waals surface area contributed by atoms with Crippen molar-refractivity contribution in [1.29, 1.82) is 0 Å². The molecule has 1 aromatic heterocycles. The Balaban J connectivity index is 1.64. The average molecular weight is 324 g/mol. The SMILES string of the molecule is CN=C(NCCc1csc(C)n1)NCCN(C(C)C)C1CC1. The maximum atomic E-state index is 4.48. The Labute approximate surface area is 138 Å². The number of hydrogen-bond donors (Lipinski definition) is 2. The summed E-state index contributed by atoms with van der Waals surface area (Å²) >= 11 is 1.71. The zero-order valence-corrected chi connectivity index (χ0v) is 15.0. The number of hydrogen-bond acceptors (Lipinski definition) is 4. The molecule has 22 heavy (non-hydrogen) atoms. The first kappa shape index (κ1) is 17.2. The lowest BCUT2D eigenvalue weighted by atomic mass is 10.3. The van der Waals surface area contributed by atoms with Crippen LogP contribution in [0, 0.1) is 6.92 Å². The molecule has 0 aliphatic heterocycles. The number of aromatic nitrogens is 1. The summed E-state index contributed by atoms with van der Waals surface area (Å²) in [5.41, 5.74) is 1.16. The second kappa shape index (κ2) is 8.48. The van der Waals surface area contributed by atoms with Crippen molar-refractivity contribution in [3.05, 3.63) is 16.1 Å². The Hall–Kier alpha value is -1.14. The van der Waals surface area contributed by atoms with E-state index < -0.39 is 0 Å². The highest BCUT2D eigenvalue weighted by atomic mass is 32.1. The third kappa shape index (κ3) is 5.57. The Morgan fingerprint density at radius 3 is 2.68 bits per heavy atom. The molecule has 124 valence electrons. The third-order valence-corrected chi connectivity index (χ3v) is 4.73. The van der Waals surface area contributed by atoms with Gasteiger partial charge in [0.05, 0.1) is 10.7 Å². The van der Waals surface area contributed by atoms with Gasteiger partial charge in [-0.2, -0.15) is 0 Å². The van der Waals surface area contributed by atoms with Crippen LogP contribution in [-0.2, 0) is 6.42 Å². The minimum absolute atomic E-state index is 0.622. The minimum Gasteiger partial charge on any atom is -0.356 e. The molecule has 0 saturated heterocycles. The normalized spacial score (nSPS) is 15.6. The fourth-order valence-corrected chi connectivity index (χ4v) is 3.27. The van der Waals surface area contributed by atoms with Crippen LogP contribution in [0.25, 0.3) is 0 Å². The highest BCUT2D eigenvalue weighted by Crippen LogP contribution is 2.27. The molecule has 2 rings (SSSR count). The summed E-state index contributed by atoms with van der Waals surface area (Å²) in [6.45, 7) is 9.47. The van der Waals surface area contributed by atoms with Crippen LogP contribution in [0.3, 0.4) is 0 Å². The van der Waals surface area contributed by atoms with Crippen molar-refractivity contribution in [3.8, 4) is 0 Å². The maximum absolute atomic E-state index is 4.48. The fourth-order valence-electron chi connectivity index (χ4n) is 2.62. The molecule has 0 amide bonds. The molecule has 0 bridgehead atoms. The standard InChI is InChI=1S/C16H29N5S/c1-12(2)21(15-5-6-15)10-9-19-16(17-4)18-8-7-14-11-22-13(3)20-14/h11-12,15H,5-10H2,1-4H3,(H2,17,18,19). The number of guanidine groups is 1. The summed E-state index contributed by atoms with van der Waals surface area (Å²) in [7, 11) is 1.82. The number of thiazole rings is 1. The first-order valence-electron chi connectivity index (χ1n) is 8.21. The summed E-state index contributed by atoms with van der Waals surface area (Å²) in [4.78, 5) is 11.3. The molecule has 1 saturated carbocycles. The number of nitrogens with zero attached hydrogens (tertiary/aromatic N) is 3. The van der Waals surface area contributed by atoms with E-state index in [0.29, 0.717) is 6.04 Å². The van der Waals surface area contributed by atoms with Crippen molar-refractivity contribution in [2.24, 2.45) is 4.99 Å². The van der Waals surface area contributed by atoms with Crippen LogP contribution >= 0.6 is 11.3 Å². The molecular weight excluding hydrogens is 294 g/mol. The van der Waals surface area contributed by atoms with Crippen molar-refractivity contribution in [2.45, 2.75) is 52.1 Å².